The van der Waals surface area contributed by atoms with E-state index in [0.29, 0.717) is 6.10 Å². The molecule has 0 aliphatic carbocycles. The lowest BCUT2D eigenvalue weighted by Crippen LogP contribution is -2.11. The van der Waals surface area contributed by atoms with E-state index in [1.165, 1.54) is 18.6 Å². The van der Waals surface area contributed by atoms with Crippen LogP contribution in [-0.2, 0) is 4.74 Å². The van der Waals surface area contributed by atoms with Crippen molar-refractivity contribution in [2.45, 2.75) is 45.0 Å². The maximum atomic E-state index is 5.30. The van der Waals surface area contributed by atoms with Gasteiger partial charge in [0, 0.05) is 11.0 Å². The molecular formula is C10H20OS2. The van der Waals surface area contributed by atoms with E-state index < -0.39 is 0 Å². The van der Waals surface area contributed by atoms with Gasteiger partial charge in [-0.2, -0.15) is 0 Å². The van der Waals surface area contributed by atoms with Crippen molar-refractivity contribution in [3.63, 3.8) is 0 Å². The highest BCUT2D eigenvalue weighted by Gasteiger charge is 2.30. The fourth-order valence-corrected chi connectivity index (χ4v) is 3.87. The first-order valence-corrected chi connectivity index (χ1v) is 7.56. The Hall–Kier alpha value is 0.660. The van der Waals surface area contributed by atoms with Crippen molar-refractivity contribution in [2.75, 3.05) is 12.4 Å². The molecule has 1 heterocycles. The highest BCUT2D eigenvalue weighted by atomic mass is 33.1. The Morgan fingerprint density at radius 3 is 2.62 bits per heavy atom. The van der Waals surface area contributed by atoms with E-state index in [9.17, 15) is 0 Å². The minimum atomic E-state index is 0.585. The molecule has 1 rings (SSSR count). The third kappa shape index (κ3) is 4.61. The zero-order valence-corrected chi connectivity index (χ0v) is 10.4. The lowest BCUT2D eigenvalue weighted by molar-refractivity contribution is 0.329. The number of ether oxygens (including phenoxy) is 1. The zero-order valence-electron chi connectivity index (χ0n) is 8.79. The average molecular weight is 220 g/mol. The van der Waals surface area contributed by atoms with Crippen LogP contribution in [0.25, 0.3) is 0 Å². The van der Waals surface area contributed by atoms with Crippen LogP contribution in [0.2, 0.25) is 0 Å². The van der Waals surface area contributed by atoms with Gasteiger partial charge in [-0.15, -0.1) is 0 Å². The van der Waals surface area contributed by atoms with Crippen LogP contribution in [0.4, 0.5) is 0 Å². The van der Waals surface area contributed by atoms with Crippen LogP contribution in [0.5, 0.6) is 0 Å². The summed E-state index contributed by atoms with van der Waals surface area (Å²) in [5, 5.41) is 0.823. The standard InChI is InChI=1S/C10H20OS2/c1-4-9(13-12-5-2)6-8(3)10-7-11-10/h8-10H,4-7H2,1-3H3. The van der Waals surface area contributed by atoms with E-state index in [0.717, 1.165) is 17.8 Å². The summed E-state index contributed by atoms with van der Waals surface area (Å²) in [6, 6.07) is 0. The lowest BCUT2D eigenvalue weighted by atomic mass is 10.0. The van der Waals surface area contributed by atoms with Gasteiger partial charge in [0.05, 0.1) is 12.7 Å². The molecule has 0 spiro atoms. The van der Waals surface area contributed by atoms with Crippen molar-refractivity contribution in [3.8, 4) is 0 Å². The smallest absolute Gasteiger partial charge is 0.0835 e. The van der Waals surface area contributed by atoms with Gasteiger partial charge in [-0.05, 0) is 18.8 Å². The van der Waals surface area contributed by atoms with Gasteiger partial charge in [0.15, 0.2) is 0 Å². The second kappa shape index (κ2) is 6.20. The minimum absolute atomic E-state index is 0.585. The van der Waals surface area contributed by atoms with Crippen LogP contribution in [-0.4, -0.2) is 23.7 Å². The number of rotatable bonds is 7. The van der Waals surface area contributed by atoms with Gasteiger partial charge in [-0.25, -0.2) is 0 Å². The zero-order chi connectivity index (χ0) is 9.68. The van der Waals surface area contributed by atoms with Gasteiger partial charge in [0.1, 0.15) is 0 Å². The normalized spacial score (nSPS) is 25.6. The topological polar surface area (TPSA) is 12.5 Å². The van der Waals surface area contributed by atoms with Gasteiger partial charge >= 0.3 is 0 Å². The van der Waals surface area contributed by atoms with Gasteiger partial charge in [0.2, 0.25) is 0 Å². The Balaban J connectivity index is 2.13. The monoisotopic (exact) mass is 220 g/mol. The summed E-state index contributed by atoms with van der Waals surface area (Å²) in [6.07, 6.45) is 3.19. The van der Waals surface area contributed by atoms with Crippen molar-refractivity contribution in [1.82, 2.24) is 0 Å². The first-order chi connectivity index (χ1) is 6.27. The number of epoxide rings is 1. The van der Waals surface area contributed by atoms with Crippen molar-refractivity contribution < 1.29 is 4.74 Å². The highest BCUT2D eigenvalue weighted by molar-refractivity contribution is 8.76. The van der Waals surface area contributed by atoms with Crippen molar-refractivity contribution in [1.29, 1.82) is 0 Å². The molecule has 13 heavy (non-hydrogen) atoms. The fourth-order valence-electron chi connectivity index (χ4n) is 1.39. The van der Waals surface area contributed by atoms with Crippen LogP contribution in [0.3, 0.4) is 0 Å². The summed E-state index contributed by atoms with van der Waals surface area (Å²) >= 11 is 0. The maximum absolute atomic E-state index is 5.30. The molecule has 1 saturated heterocycles. The molecule has 1 fully saturated rings. The van der Waals surface area contributed by atoms with E-state index in [-0.39, 0.29) is 0 Å². The maximum Gasteiger partial charge on any atom is 0.0835 e. The summed E-state index contributed by atoms with van der Waals surface area (Å²) < 4.78 is 5.30. The van der Waals surface area contributed by atoms with Crippen LogP contribution < -0.4 is 0 Å². The predicted octanol–water partition coefficient (Wildman–Crippen LogP) is 3.59. The van der Waals surface area contributed by atoms with Crippen LogP contribution in [0.1, 0.15) is 33.6 Å². The quantitative estimate of drug-likeness (QED) is 0.480. The summed E-state index contributed by atoms with van der Waals surface area (Å²) in [4.78, 5) is 0. The largest absolute Gasteiger partial charge is 0.373 e. The minimum Gasteiger partial charge on any atom is -0.373 e. The average Bonchev–Trinajstić information content (AvgIpc) is 2.94. The molecule has 1 aliphatic heterocycles. The van der Waals surface area contributed by atoms with E-state index in [2.05, 4.69) is 31.6 Å². The molecule has 78 valence electrons. The summed E-state index contributed by atoms with van der Waals surface area (Å²) in [7, 11) is 4.05. The number of hydrogen-bond donors (Lipinski definition) is 0. The fraction of sp³-hybridized carbons (Fsp3) is 1.00. The Morgan fingerprint density at radius 1 is 1.46 bits per heavy atom. The SMILES string of the molecule is CCSSC(CC)CC(C)C1CO1. The first kappa shape index (κ1) is 11.7. The lowest BCUT2D eigenvalue weighted by Gasteiger charge is -2.16. The second-order valence-electron chi connectivity index (χ2n) is 3.62. The summed E-state index contributed by atoms with van der Waals surface area (Å²) in [6.45, 7) is 7.83. The van der Waals surface area contributed by atoms with E-state index in [4.69, 9.17) is 4.74 Å². The predicted molar refractivity (Wildman–Crippen MR) is 63.3 cm³/mol. The van der Waals surface area contributed by atoms with Crippen molar-refractivity contribution in [2.24, 2.45) is 5.92 Å². The van der Waals surface area contributed by atoms with Crippen LogP contribution in [0.15, 0.2) is 0 Å². The number of hydrogen-bond acceptors (Lipinski definition) is 3. The van der Waals surface area contributed by atoms with Gasteiger partial charge in [0.25, 0.3) is 0 Å². The Kier molecular flexibility index (Phi) is 5.60. The van der Waals surface area contributed by atoms with Crippen molar-refractivity contribution >= 4 is 21.6 Å². The van der Waals surface area contributed by atoms with E-state index >= 15 is 0 Å². The Labute approximate surface area is 89.8 Å². The third-order valence-corrected chi connectivity index (χ3v) is 5.51. The molecule has 0 N–H and O–H groups in total. The van der Waals surface area contributed by atoms with E-state index in [1.807, 2.05) is 10.8 Å². The van der Waals surface area contributed by atoms with Gasteiger partial charge in [-0.1, -0.05) is 42.4 Å². The molecule has 0 aromatic heterocycles. The van der Waals surface area contributed by atoms with Crippen LogP contribution >= 0.6 is 21.6 Å². The Bertz CT molecular complexity index is 137. The molecule has 1 aliphatic rings. The third-order valence-electron chi connectivity index (χ3n) is 2.41. The van der Waals surface area contributed by atoms with Gasteiger partial charge < -0.3 is 4.74 Å². The molecular weight excluding hydrogens is 200 g/mol. The van der Waals surface area contributed by atoms with E-state index in [1.54, 1.807) is 0 Å². The van der Waals surface area contributed by atoms with Gasteiger partial charge in [-0.3, -0.25) is 0 Å². The second-order valence-corrected chi connectivity index (χ2v) is 6.57. The molecule has 0 saturated carbocycles. The molecule has 0 aromatic rings. The molecule has 1 nitrogen and oxygen atoms in total. The summed E-state index contributed by atoms with van der Waals surface area (Å²) in [5.74, 6) is 1.98. The summed E-state index contributed by atoms with van der Waals surface area (Å²) in [5.41, 5.74) is 0. The molecule has 0 bridgehead atoms. The first-order valence-electron chi connectivity index (χ1n) is 5.17. The van der Waals surface area contributed by atoms with Crippen molar-refractivity contribution in [3.05, 3.63) is 0 Å². The molecule has 0 radical (unpaired) electrons. The Morgan fingerprint density at radius 2 is 2.15 bits per heavy atom. The highest BCUT2D eigenvalue weighted by Crippen LogP contribution is 2.35. The van der Waals surface area contributed by atoms with Crippen LogP contribution in [0, 0.1) is 5.92 Å². The molecule has 0 amide bonds. The molecule has 0 aromatic carbocycles. The molecule has 3 atom stereocenters. The molecule has 3 unspecified atom stereocenters. The molecule has 3 heteroatoms.